The molecule has 5 heterocycles. The Bertz CT molecular complexity index is 2400. The van der Waals surface area contributed by atoms with E-state index in [9.17, 15) is 79.2 Å². The van der Waals surface area contributed by atoms with Crippen LogP contribution in [0.2, 0.25) is 0 Å². The molecule has 2 aromatic rings. The van der Waals surface area contributed by atoms with Crippen molar-refractivity contribution in [3.05, 3.63) is 72.4 Å². The first-order valence-electron chi connectivity index (χ1n) is 19.7. The van der Waals surface area contributed by atoms with E-state index in [2.05, 4.69) is 0 Å². The Kier molecular flexibility index (Phi) is 15.6. The molecule has 0 aromatic carbocycles. The minimum Gasteiger partial charge on any atom is -0.664 e. The molecule has 338 valence electrons. The van der Waals surface area contributed by atoms with Crippen LogP contribution >= 0.6 is 0 Å². The Morgan fingerprint density at radius 1 is 0.571 bits per heavy atom. The van der Waals surface area contributed by atoms with Gasteiger partial charge >= 0.3 is 64.8 Å². The Labute approximate surface area is 369 Å². The Morgan fingerprint density at radius 2 is 1.11 bits per heavy atom. The Morgan fingerprint density at radius 3 is 1.67 bits per heavy atom. The van der Waals surface area contributed by atoms with E-state index in [-0.39, 0.29) is 98.5 Å². The third-order valence-corrected chi connectivity index (χ3v) is 12.1. The Balaban J connectivity index is 0.00000871. The van der Waals surface area contributed by atoms with Crippen LogP contribution in [0.4, 0.5) is 0 Å². The van der Waals surface area contributed by atoms with Gasteiger partial charge in [0.25, 0.3) is 0 Å². The van der Waals surface area contributed by atoms with Crippen molar-refractivity contribution < 1.29 is 96.3 Å². The van der Waals surface area contributed by atoms with Gasteiger partial charge in [0.05, 0.1) is 19.3 Å². The number of hydrogen-bond donors (Lipinski definition) is 8. The average molecular weight is 919 g/mol. The fraction of sp³-hybridized carbons (Fsp3) is 0.476. The largest absolute Gasteiger partial charge is 4.00 e. The van der Waals surface area contributed by atoms with Gasteiger partial charge in [-0.05, 0) is 53.9 Å². The first kappa shape index (κ1) is 49.5. The molecular weight excluding hydrogens is 872 g/mol. The average Bonchev–Trinajstić information content (AvgIpc) is 3.77. The summed E-state index contributed by atoms with van der Waals surface area (Å²) in [5.74, 6) is -12.0. The number of nitrogens with zero attached hydrogens (tertiary/aromatic N) is 4. The summed E-state index contributed by atoms with van der Waals surface area (Å²) in [5, 5.41) is 89.5. The number of rotatable bonds is 20. The van der Waals surface area contributed by atoms with Crippen LogP contribution in [0.15, 0.2) is 17.5 Å². The van der Waals surface area contributed by atoms with Gasteiger partial charge in [-0.15, -0.1) is 46.3 Å². The van der Waals surface area contributed by atoms with Crippen LogP contribution in [-0.2, 0) is 81.1 Å². The molecule has 6 atom stereocenters. The summed E-state index contributed by atoms with van der Waals surface area (Å²) in [6, 6.07) is -2.18. The molecule has 0 unspecified atom stereocenters. The van der Waals surface area contributed by atoms with Crippen LogP contribution < -0.4 is 20.7 Å². The van der Waals surface area contributed by atoms with Crippen LogP contribution in [0.3, 0.4) is 0 Å². The van der Waals surface area contributed by atoms with Crippen molar-refractivity contribution in [2.75, 3.05) is 0 Å². The predicted octanol–water partition coefficient (Wildman–Crippen LogP) is 2.17. The summed E-state index contributed by atoms with van der Waals surface area (Å²) >= 11 is 0. The molecular formula is C42H46FeN4O16. The van der Waals surface area contributed by atoms with Crippen molar-refractivity contribution in [1.82, 2.24) is 9.97 Å². The van der Waals surface area contributed by atoms with E-state index < -0.39 is 134 Å². The van der Waals surface area contributed by atoms with Gasteiger partial charge < -0.3 is 61.5 Å². The van der Waals surface area contributed by atoms with E-state index in [0.717, 1.165) is 0 Å². The number of aromatic nitrogens is 2. The van der Waals surface area contributed by atoms with E-state index in [1.165, 1.54) is 24.3 Å². The van der Waals surface area contributed by atoms with Crippen LogP contribution in [-0.4, -0.2) is 101 Å². The van der Waals surface area contributed by atoms with E-state index in [1.54, 1.807) is 13.8 Å². The fourth-order valence-corrected chi connectivity index (χ4v) is 9.22. The molecule has 20 nitrogen and oxygen atoms in total. The molecule has 63 heavy (non-hydrogen) atoms. The fourth-order valence-electron chi connectivity index (χ4n) is 9.22. The summed E-state index contributed by atoms with van der Waals surface area (Å²) in [6.07, 6.45) is 0.438. The summed E-state index contributed by atoms with van der Waals surface area (Å²) < 4.78 is 0. The molecule has 21 heteroatoms. The number of allylic oxidation sites excluding steroid dienone is 2. The van der Waals surface area contributed by atoms with Crippen LogP contribution in [0.25, 0.3) is 28.9 Å². The van der Waals surface area contributed by atoms with Crippen molar-refractivity contribution in [2.24, 2.45) is 22.7 Å². The van der Waals surface area contributed by atoms with Gasteiger partial charge in [0.1, 0.15) is 0 Å². The number of fused-ring (bicyclic) bond motifs is 8. The molecule has 0 spiro atoms. The van der Waals surface area contributed by atoms with Gasteiger partial charge in [-0.2, -0.15) is 11.4 Å². The van der Waals surface area contributed by atoms with Gasteiger partial charge in [0.2, 0.25) is 0 Å². The van der Waals surface area contributed by atoms with Crippen molar-refractivity contribution in [3.63, 3.8) is 0 Å². The number of carboxylic acid groups (broad SMARTS) is 8. The molecule has 2 aromatic heterocycles. The monoisotopic (exact) mass is 918 g/mol. The second-order valence-electron chi connectivity index (χ2n) is 16.3. The molecule has 8 N–H and O–H groups in total. The van der Waals surface area contributed by atoms with Gasteiger partial charge in [0, 0.05) is 32.1 Å². The molecule has 2 fully saturated rings. The smallest absolute Gasteiger partial charge is 0.664 e. The molecule has 8 bridgehead atoms. The summed E-state index contributed by atoms with van der Waals surface area (Å²) in [4.78, 5) is 107. The van der Waals surface area contributed by atoms with Crippen LogP contribution in [0.1, 0.15) is 98.9 Å². The van der Waals surface area contributed by atoms with Crippen molar-refractivity contribution in [1.29, 1.82) is 0 Å². The van der Waals surface area contributed by atoms with Crippen LogP contribution in [0.5, 0.6) is 0 Å². The minimum absolute atomic E-state index is 0. The first-order valence-corrected chi connectivity index (χ1v) is 19.7. The molecule has 0 radical (unpaired) electrons. The van der Waals surface area contributed by atoms with E-state index in [0.29, 0.717) is 0 Å². The second-order valence-corrected chi connectivity index (χ2v) is 16.3. The third kappa shape index (κ3) is 11.3. The third-order valence-electron chi connectivity index (χ3n) is 12.1. The van der Waals surface area contributed by atoms with Crippen molar-refractivity contribution in [2.45, 2.75) is 103 Å². The maximum absolute atomic E-state index is 12.6. The van der Waals surface area contributed by atoms with E-state index >= 15 is 0 Å². The molecule has 3 aliphatic rings. The zero-order valence-corrected chi connectivity index (χ0v) is 35.2. The quantitative estimate of drug-likeness (QED) is 0.0882. The first-order chi connectivity index (χ1) is 29.0. The van der Waals surface area contributed by atoms with Gasteiger partial charge in [-0.25, -0.2) is 0 Å². The SMILES string of the molecule is C[C@@]1(CC(=O)O)[C@@H]2/C=c3\[n-]/c(c(CCC(=O)O)c3CC(=O)O)=C\c3[n-]c(c(CC(=O)O)c3CCC(=O)O)/C=C3\[N-]/C(=C\[C@@H]([N-]2)[C@H]1CCC(=O)O)[C@@](C)(CC(=O)O)[C@@H]3CCC(=O)O.[Fe+4]. The summed E-state index contributed by atoms with van der Waals surface area (Å²) in [6.45, 7) is 3.14. The molecule has 5 rings (SSSR count). The van der Waals surface area contributed by atoms with Crippen molar-refractivity contribution >= 4 is 66.0 Å². The number of hydrogen-bond acceptors (Lipinski definition) is 8. The maximum Gasteiger partial charge on any atom is 4.00 e. The van der Waals surface area contributed by atoms with Gasteiger partial charge in [-0.3, -0.25) is 38.4 Å². The van der Waals surface area contributed by atoms with E-state index in [4.69, 9.17) is 20.6 Å². The normalized spacial score (nSPS) is 26.2. The molecule has 2 saturated heterocycles. The second kappa shape index (κ2) is 19.9. The number of carboxylic acids is 8. The van der Waals surface area contributed by atoms with Crippen molar-refractivity contribution in [3.8, 4) is 0 Å². The molecule has 3 aliphatic heterocycles. The molecule has 0 amide bonds. The number of aliphatic carboxylic acids is 8. The van der Waals surface area contributed by atoms with Gasteiger partial charge in [-0.1, -0.05) is 42.7 Å². The topological polar surface area (TPSA) is 355 Å². The number of carbonyl (C=O) groups is 8. The zero-order chi connectivity index (χ0) is 45.8. The summed E-state index contributed by atoms with van der Waals surface area (Å²) in [5.41, 5.74) is -2.29. The zero-order valence-electron chi connectivity index (χ0n) is 34.1. The van der Waals surface area contributed by atoms with E-state index in [1.807, 2.05) is 0 Å². The Hall–Kier alpha value is -6.18. The predicted molar refractivity (Wildman–Crippen MR) is 213 cm³/mol. The maximum atomic E-state index is 12.6. The molecule has 0 aliphatic carbocycles. The minimum atomic E-state index is -1.48. The molecule has 0 saturated carbocycles. The standard InChI is InChI=1S/C42H46N4O16.Fe/c1-41(17-39(59)60)23(5-9-35(51)52)29-14-27-21(11-37(55)56)19(3-7-33(47)48)25(43-27)13-26-20(4-8-34(49)50)22(12-38(57)58)28(44-26)15-31-42(2,18-40(61)62)24(6-10-36(53)54)30(46-31)16-32(41)45-29;/h13-16,23-24,30-31H,3-12,17-18H2,1-2H3,(H,47,48)(H,49,50)(H,51,52)(H,53,54)(H,55,56)(H,57,58)(H,59,60)(H,61,62);/q-4;+4/b26-13-,28-15-,29-14-,32-16-;/t23-,24-,30-,31+,41+,42+;/m1./s1. The van der Waals surface area contributed by atoms with Crippen LogP contribution in [0, 0.1) is 22.7 Å². The summed E-state index contributed by atoms with van der Waals surface area (Å²) in [7, 11) is 0. The van der Waals surface area contributed by atoms with Gasteiger partial charge in [0.15, 0.2) is 0 Å².